The van der Waals surface area contributed by atoms with Crippen molar-refractivity contribution in [2.45, 2.75) is 167 Å². The van der Waals surface area contributed by atoms with Gasteiger partial charge >= 0.3 is 5.97 Å². The highest BCUT2D eigenvalue weighted by Gasteiger charge is 2.51. The molecule has 3 saturated heterocycles. The number of alkyl halides is 1. The van der Waals surface area contributed by atoms with Crippen LogP contribution in [0.3, 0.4) is 0 Å². The number of anilines is 1. The highest BCUT2D eigenvalue weighted by molar-refractivity contribution is 6.00. The van der Waals surface area contributed by atoms with Crippen LogP contribution in [-0.4, -0.2) is 159 Å². The average Bonchev–Trinajstić information content (AvgIpc) is 3.85. The molecule has 3 aliphatic rings. The van der Waals surface area contributed by atoms with Gasteiger partial charge in [-0.3, -0.25) is 9.59 Å². The number of methoxy groups -OCH3 is 2. The smallest absolute Gasteiger partial charge is 0.316 e. The van der Waals surface area contributed by atoms with E-state index in [9.17, 15) is 24.2 Å². The first-order chi connectivity index (χ1) is 34.2. The Morgan fingerprint density at radius 1 is 1.06 bits per heavy atom. The number of ether oxygens (including phenoxy) is 5. The SMILES string of the molecule is CC[C@H]1OC(=O)C(C)C(=O)[C@H](C)[C@@H](O[C@H]2CC(N(C)CCc3cn(C(CF)C(OC)c4ccc(-c5cnc(N)nc5)cc4)nn3)C[C@@H](C)O2)[C@](C)(OC)C[C@@H](C)/C(=N\O[C@@H]2CCCNC2)C(C)[C@@H](O)[C@]1(C)O. The van der Waals surface area contributed by atoms with Gasteiger partial charge in [-0.05, 0) is 84.5 Å². The van der Waals surface area contributed by atoms with E-state index in [1.165, 1.54) is 18.5 Å². The normalized spacial score (nSPS) is 33.8. The van der Waals surface area contributed by atoms with Gasteiger partial charge in [-0.1, -0.05) is 62.3 Å². The summed E-state index contributed by atoms with van der Waals surface area (Å²) in [5.41, 5.74) is 6.19. The molecule has 0 spiro atoms. The number of cyclic esters (lactones) is 1. The highest BCUT2D eigenvalue weighted by atomic mass is 19.1. The molecule has 1 aromatic carbocycles. The molecule has 5 N–H and O–H groups in total. The largest absolute Gasteiger partial charge is 0.459 e. The average molecular weight is 1010 g/mol. The van der Waals surface area contributed by atoms with E-state index in [2.05, 4.69) is 30.5 Å². The van der Waals surface area contributed by atoms with E-state index in [0.717, 1.165) is 36.1 Å². The number of esters is 1. The molecule has 72 heavy (non-hydrogen) atoms. The number of benzene rings is 1. The number of carbonyl (C=O) groups excluding carboxylic acids is 2. The number of piperidine rings is 1. The third kappa shape index (κ3) is 13.4. The second-order valence-electron chi connectivity index (χ2n) is 20.7. The standard InChI is InChI=1S/C52H80FN9O10/c1-12-42-52(8,66)47(64)32(4)44(59-72-40-14-13-20-55-28-40)30(2)24-51(7,68-11)48(33(5)45(63)34(6)49(65)70-42)71-43-23-39(22-31(3)69-43)61(9)21-19-38-29-62(60-58-38)41(25-53)46(67-10)36-17-15-35(16-18-36)37-26-56-50(54)57-27-37/h15-18,26-27,29-34,39-43,46-48,55,64,66H,12-14,19-25,28H2,1-11H3,(H2,54,56,57)/b59-44+/t30-,31-,32?,33+,34?,39?,40-,41?,42-,43+,46?,47-,48-,51-,52-/m1/s1. The van der Waals surface area contributed by atoms with Crippen LogP contribution in [0.5, 0.6) is 0 Å². The highest BCUT2D eigenvalue weighted by Crippen LogP contribution is 2.39. The summed E-state index contributed by atoms with van der Waals surface area (Å²) in [6.07, 6.45) is 3.59. The lowest BCUT2D eigenvalue weighted by atomic mass is 9.74. The zero-order valence-corrected chi connectivity index (χ0v) is 44.1. The maximum absolute atomic E-state index is 14.9. The topological polar surface area (TPSA) is 240 Å². The van der Waals surface area contributed by atoms with E-state index in [-0.39, 0.29) is 37.0 Å². The number of oxime groups is 1. The van der Waals surface area contributed by atoms with E-state index in [1.807, 2.05) is 52.1 Å². The minimum atomic E-state index is -1.90. The number of aliphatic hydroxyl groups excluding tert-OH is 1. The number of rotatable bonds is 16. The van der Waals surface area contributed by atoms with Gasteiger partial charge in [0.25, 0.3) is 0 Å². The van der Waals surface area contributed by atoms with Crippen molar-refractivity contribution in [1.29, 1.82) is 0 Å². The number of halogens is 1. The molecule has 0 saturated carbocycles. The van der Waals surface area contributed by atoms with E-state index in [0.29, 0.717) is 43.8 Å². The Hall–Kier alpha value is -4.54. The zero-order chi connectivity index (χ0) is 52.5. The number of hydrogen-bond acceptors (Lipinski definition) is 18. The summed E-state index contributed by atoms with van der Waals surface area (Å²) < 4.78 is 48.0. The maximum Gasteiger partial charge on any atom is 0.316 e. The number of likely N-dealkylation sites (N-methyl/N-ethyl adjacent to an activating group) is 1. The van der Waals surface area contributed by atoms with E-state index in [4.69, 9.17) is 39.4 Å². The molecule has 3 aromatic rings. The number of aliphatic hydroxyl groups is 2. The predicted octanol–water partition coefficient (Wildman–Crippen LogP) is 5.45. The molecule has 0 aliphatic carbocycles. The molecule has 19 nitrogen and oxygen atoms in total. The number of nitrogens with one attached hydrogen (secondary N) is 1. The maximum atomic E-state index is 14.9. The Morgan fingerprint density at radius 2 is 1.76 bits per heavy atom. The van der Waals surface area contributed by atoms with Crippen LogP contribution in [0.1, 0.15) is 117 Å². The lowest BCUT2D eigenvalue weighted by Crippen LogP contribution is -2.58. The van der Waals surface area contributed by atoms with Gasteiger partial charge in [0.2, 0.25) is 5.95 Å². The Balaban J connectivity index is 1.19. The molecule has 3 aliphatic heterocycles. The number of Topliss-reactive ketones (excluding diaryl/α,β-unsaturated/α-hetero) is 1. The van der Waals surface area contributed by atoms with Crippen LogP contribution in [0.15, 0.2) is 48.0 Å². The third-order valence-electron chi connectivity index (χ3n) is 15.3. The van der Waals surface area contributed by atoms with Crippen molar-refractivity contribution < 1.29 is 52.7 Å². The Kier molecular flexibility index (Phi) is 19.8. The molecule has 20 heteroatoms. The minimum absolute atomic E-state index is 0.00885. The first kappa shape index (κ1) is 56.8. The third-order valence-corrected chi connectivity index (χ3v) is 15.3. The second kappa shape index (κ2) is 25.1. The van der Waals surface area contributed by atoms with Crippen LogP contribution in [0.25, 0.3) is 11.1 Å². The van der Waals surface area contributed by atoms with Crippen molar-refractivity contribution in [2.75, 3.05) is 53.3 Å². The summed E-state index contributed by atoms with van der Waals surface area (Å²) in [7, 11) is 5.14. The molecule has 0 radical (unpaired) electrons. The summed E-state index contributed by atoms with van der Waals surface area (Å²) in [6.45, 7) is 15.4. The van der Waals surface area contributed by atoms with Crippen LogP contribution in [0.4, 0.5) is 10.3 Å². The summed E-state index contributed by atoms with van der Waals surface area (Å²) in [4.78, 5) is 44.8. The van der Waals surface area contributed by atoms with Crippen molar-refractivity contribution >= 4 is 23.4 Å². The van der Waals surface area contributed by atoms with Crippen molar-refractivity contribution in [3.05, 3.63) is 54.1 Å². The first-order valence-electron chi connectivity index (χ1n) is 25.6. The van der Waals surface area contributed by atoms with Crippen LogP contribution >= 0.6 is 0 Å². The van der Waals surface area contributed by atoms with Crippen molar-refractivity contribution in [1.82, 2.24) is 35.2 Å². The first-order valence-corrected chi connectivity index (χ1v) is 25.6. The van der Waals surface area contributed by atoms with Crippen molar-refractivity contribution in [3.8, 4) is 11.1 Å². The molecule has 0 bridgehead atoms. The Morgan fingerprint density at radius 3 is 2.39 bits per heavy atom. The number of hydrogen-bond donors (Lipinski definition) is 4. The lowest BCUT2D eigenvalue weighted by molar-refractivity contribution is -0.262. The Bertz CT molecular complexity index is 2230. The van der Waals surface area contributed by atoms with Crippen molar-refractivity contribution in [2.24, 2.45) is 28.8 Å². The summed E-state index contributed by atoms with van der Waals surface area (Å²) in [6, 6.07) is 6.79. The summed E-state index contributed by atoms with van der Waals surface area (Å²) >= 11 is 0. The number of nitrogens with zero attached hydrogens (tertiary/aromatic N) is 7. The molecule has 400 valence electrons. The zero-order valence-electron chi connectivity index (χ0n) is 44.1. The van der Waals surface area contributed by atoms with Gasteiger partial charge in [-0.2, -0.15) is 0 Å². The molecular weight excluding hydrogens is 930 g/mol. The van der Waals surface area contributed by atoms with E-state index in [1.54, 1.807) is 53.6 Å². The van der Waals surface area contributed by atoms with E-state index < -0.39 is 90.0 Å². The molecule has 6 rings (SSSR count). The quantitative estimate of drug-likeness (QED) is 0.0793. The van der Waals surface area contributed by atoms with Gasteiger partial charge in [0.15, 0.2) is 12.1 Å². The lowest BCUT2D eigenvalue weighted by Gasteiger charge is -2.46. The van der Waals surface area contributed by atoms with Crippen LogP contribution < -0.4 is 11.1 Å². The summed E-state index contributed by atoms with van der Waals surface area (Å²) in [5, 5.41) is 40.6. The van der Waals surface area contributed by atoms with Gasteiger partial charge in [0.05, 0.1) is 35.3 Å². The molecule has 2 aromatic heterocycles. The molecule has 5 unspecified atom stereocenters. The number of ketones is 1. The fraction of sp³-hybridized carbons (Fsp3) is 0.712. The number of nitrogens with two attached hydrogens (primary N) is 1. The monoisotopic (exact) mass is 1010 g/mol. The number of carbonyl (C=O) groups is 2. The number of aromatic nitrogens is 5. The van der Waals surface area contributed by atoms with Gasteiger partial charge in [0.1, 0.15) is 42.5 Å². The van der Waals surface area contributed by atoms with Gasteiger partial charge in [0, 0.05) is 88.1 Å². The minimum Gasteiger partial charge on any atom is -0.459 e. The van der Waals surface area contributed by atoms with Gasteiger partial charge < -0.3 is 54.7 Å². The van der Waals surface area contributed by atoms with E-state index >= 15 is 0 Å². The van der Waals surface area contributed by atoms with Crippen LogP contribution in [0, 0.1) is 23.7 Å². The fourth-order valence-corrected chi connectivity index (χ4v) is 10.8. The molecular formula is C52H80FN9O10. The van der Waals surface area contributed by atoms with Crippen LogP contribution in [-0.2, 0) is 44.5 Å². The van der Waals surface area contributed by atoms with Crippen molar-refractivity contribution in [3.63, 3.8) is 0 Å². The molecule has 15 atom stereocenters. The van der Waals surface area contributed by atoms with Gasteiger partial charge in [-0.15, -0.1) is 5.10 Å². The van der Waals surface area contributed by atoms with Crippen LogP contribution in [0.2, 0.25) is 0 Å². The van der Waals surface area contributed by atoms with Gasteiger partial charge in [-0.25, -0.2) is 19.0 Å². The number of nitrogen functional groups attached to an aromatic ring is 1. The molecule has 0 amide bonds. The second-order valence-corrected chi connectivity index (χ2v) is 20.7. The molecule has 3 fully saturated rings. The summed E-state index contributed by atoms with van der Waals surface area (Å²) in [5.74, 6) is -4.35. The fourth-order valence-electron chi connectivity index (χ4n) is 10.8. The predicted molar refractivity (Wildman–Crippen MR) is 268 cm³/mol. The Labute approximate surface area is 424 Å². The molecule has 5 heterocycles.